The molecule has 2 atom stereocenters. The predicted molar refractivity (Wildman–Crippen MR) is 79.0 cm³/mol. The smallest absolute Gasteiger partial charge is 0.238 e. The van der Waals surface area contributed by atoms with Crippen molar-refractivity contribution in [2.45, 2.75) is 69.2 Å². The summed E-state index contributed by atoms with van der Waals surface area (Å²) < 4.78 is 24.6. The molecular weight excluding hydrogens is 276 g/mol. The molecule has 2 unspecified atom stereocenters. The lowest BCUT2D eigenvalue weighted by molar-refractivity contribution is -0.132. The molecule has 1 saturated heterocycles. The number of piperidine rings is 1. The minimum absolute atomic E-state index is 0.00460. The number of sulfone groups is 1. The molecule has 0 aromatic rings. The monoisotopic (exact) mass is 302 g/mol. The Hall–Kier alpha value is -0.620. The number of carbonyl (C=O) groups is 1. The van der Waals surface area contributed by atoms with Crippen molar-refractivity contribution in [3.8, 4) is 0 Å². The first-order chi connectivity index (χ1) is 9.42. The van der Waals surface area contributed by atoms with Crippen LogP contribution in [0.5, 0.6) is 0 Å². The van der Waals surface area contributed by atoms with Crippen molar-refractivity contribution in [1.29, 1.82) is 0 Å². The predicted octanol–water partition coefficient (Wildman–Crippen LogP) is 1.07. The Morgan fingerprint density at radius 3 is 2.40 bits per heavy atom. The molecule has 116 valence electrons. The molecule has 0 aromatic heterocycles. The van der Waals surface area contributed by atoms with Crippen LogP contribution < -0.4 is 5.73 Å². The lowest BCUT2D eigenvalue weighted by Crippen LogP contribution is -2.53. The van der Waals surface area contributed by atoms with Crippen molar-refractivity contribution in [3.05, 3.63) is 0 Å². The Kier molecular flexibility index (Phi) is 5.07. The van der Waals surface area contributed by atoms with Crippen molar-refractivity contribution in [2.24, 2.45) is 5.73 Å². The Bertz CT molecular complexity index is 441. The van der Waals surface area contributed by atoms with Crippen LogP contribution in [0.1, 0.15) is 51.9 Å². The molecule has 20 heavy (non-hydrogen) atoms. The number of hydrogen-bond donors (Lipinski definition) is 1. The Morgan fingerprint density at radius 1 is 1.20 bits per heavy atom. The van der Waals surface area contributed by atoms with Gasteiger partial charge >= 0.3 is 0 Å². The van der Waals surface area contributed by atoms with Crippen molar-refractivity contribution in [2.75, 3.05) is 12.3 Å². The molecule has 6 heteroatoms. The van der Waals surface area contributed by atoms with E-state index in [1.165, 1.54) is 0 Å². The van der Waals surface area contributed by atoms with E-state index >= 15 is 0 Å². The molecule has 0 spiro atoms. The van der Waals surface area contributed by atoms with Crippen LogP contribution in [-0.4, -0.2) is 48.9 Å². The standard InChI is InChI=1S/C14H26N2O3S/c1-11(15)13-8-4-5-9-16(13)14(17)10-20(18,19)12-6-2-3-7-12/h11-13H,2-10,15H2,1H3. The van der Waals surface area contributed by atoms with Crippen molar-refractivity contribution in [3.63, 3.8) is 0 Å². The fourth-order valence-electron chi connectivity index (χ4n) is 3.43. The van der Waals surface area contributed by atoms with Gasteiger partial charge in [-0.1, -0.05) is 12.8 Å². The molecule has 1 amide bonds. The van der Waals surface area contributed by atoms with Gasteiger partial charge in [-0.25, -0.2) is 8.42 Å². The fraction of sp³-hybridized carbons (Fsp3) is 0.929. The molecule has 1 saturated carbocycles. The van der Waals surface area contributed by atoms with E-state index in [2.05, 4.69) is 0 Å². The van der Waals surface area contributed by atoms with E-state index in [0.29, 0.717) is 19.4 Å². The highest BCUT2D eigenvalue weighted by Gasteiger charge is 2.35. The molecule has 0 radical (unpaired) electrons. The second-order valence-corrected chi connectivity index (χ2v) is 8.50. The number of nitrogens with two attached hydrogens (primary N) is 1. The van der Waals surface area contributed by atoms with Gasteiger partial charge in [-0.05, 0) is 39.0 Å². The number of nitrogens with zero attached hydrogens (tertiary/aromatic N) is 1. The van der Waals surface area contributed by atoms with Gasteiger partial charge in [0.1, 0.15) is 5.75 Å². The maximum absolute atomic E-state index is 12.4. The number of carbonyl (C=O) groups excluding carboxylic acids is 1. The van der Waals surface area contributed by atoms with Gasteiger partial charge in [0, 0.05) is 18.6 Å². The average Bonchev–Trinajstić information content (AvgIpc) is 2.92. The maximum atomic E-state index is 12.4. The van der Waals surface area contributed by atoms with Crippen LogP contribution in [0.25, 0.3) is 0 Å². The summed E-state index contributed by atoms with van der Waals surface area (Å²) in [6.07, 6.45) is 6.24. The fourth-order valence-corrected chi connectivity index (χ4v) is 5.23. The third-order valence-corrected chi connectivity index (χ3v) is 6.75. The third-order valence-electron chi connectivity index (χ3n) is 4.61. The summed E-state index contributed by atoms with van der Waals surface area (Å²) in [7, 11) is -3.29. The first-order valence-electron chi connectivity index (χ1n) is 7.68. The van der Waals surface area contributed by atoms with Crippen LogP contribution in [0.2, 0.25) is 0 Å². The molecule has 2 rings (SSSR count). The van der Waals surface area contributed by atoms with Crippen LogP contribution >= 0.6 is 0 Å². The van der Waals surface area contributed by atoms with E-state index in [0.717, 1.165) is 32.1 Å². The van der Waals surface area contributed by atoms with Gasteiger partial charge in [0.25, 0.3) is 0 Å². The minimum atomic E-state index is -3.29. The van der Waals surface area contributed by atoms with Crippen LogP contribution in [0, 0.1) is 0 Å². The average molecular weight is 302 g/mol. The highest BCUT2D eigenvalue weighted by molar-refractivity contribution is 7.92. The zero-order chi connectivity index (χ0) is 14.8. The number of amides is 1. The molecule has 2 N–H and O–H groups in total. The van der Waals surface area contributed by atoms with Crippen LogP contribution in [0.15, 0.2) is 0 Å². The SMILES string of the molecule is CC(N)C1CCCCN1C(=O)CS(=O)(=O)C1CCCC1. The van der Waals surface area contributed by atoms with Crippen molar-refractivity contribution < 1.29 is 13.2 Å². The second kappa shape index (κ2) is 6.43. The third kappa shape index (κ3) is 3.52. The Morgan fingerprint density at radius 2 is 1.80 bits per heavy atom. The van der Waals surface area contributed by atoms with Crippen LogP contribution in [0.4, 0.5) is 0 Å². The molecule has 5 nitrogen and oxygen atoms in total. The highest BCUT2D eigenvalue weighted by atomic mass is 32.2. The van der Waals surface area contributed by atoms with Gasteiger partial charge in [0.05, 0.1) is 5.25 Å². The first kappa shape index (κ1) is 15.8. The Labute approximate surface area is 121 Å². The summed E-state index contributed by atoms with van der Waals surface area (Å²) in [5.74, 6) is -0.583. The minimum Gasteiger partial charge on any atom is -0.337 e. The molecule has 2 aliphatic rings. The first-order valence-corrected chi connectivity index (χ1v) is 9.40. The number of hydrogen-bond acceptors (Lipinski definition) is 4. The number of rotatable bonds is 4. The molecule has 0 aromatic carbocycles. The largest absolute Gasteiger partial charge is 0.337 e. The summed E-state index contributed by atoms with van der Waals surface area (Å²) in [6.45, 7) is 2.53. The van der Waals surface area contributed by atoms with E-state index in [4.69, 9.17) is 5.73 Å². The van der Waals surface area contributed by atoms with Gasteiger partial charge in [0.2, 0.25) is 5.91 Å². The molecule has 2 fully saturated rings. The van der Waals surface area contributed by atoms with Gasteiger partial charge in [-0.2, -0.15) is 0 Å². The molecule has 1 heterocycles. The molecule has 1 aliphatic heterocycles. The summed E-state index contributed by atoms with van der Waals surface area (Å²) in [4.78, 5) is 14.1. The molecule has 0 bridgehead atoms. The lowest BCUT2D eigenvalue weighted by atomic mass is 9.97. The van der Waals surface area contributed by atoms with E-state index in [1.54, 1.807) is 4.90 Å². The van der Waals surface area contributed by atoms with Crippen molar-refractivity contribution in [1.82, 2.24) is 4.90 Å². The van der Waals surface area contributed by atoms with E-state index in [-0.39, 0.29) is 29.0 Å². The second-order valence-electron chi connectivity index (χ2n) is 6.22. The van der Waals surface area contributed by atoms with Gasteiger partial charge < -0.3 is 10.6 Å². The summed E-state index contributed by atoms with van der Waals surface area (Å²) >= 11 is 0. The lowest BCUT2D eigenvalue weighted by Gasteiger charge is -2.38. The van der Waals surface area contributed by atoms with Gasteiger partial charge in [-0.15, -0.1) is 0 Å². The molecular formula is C14H26N2O3S. The van der Waals surface area contributed by atoms with Crippen LogP contribution in [-0.2, 0) is 14.6 Å². The topological polar surface area (TPSA) is 80.5 Å². The zero-order valence-electron chi connectivity index (χ0n) is 12.3. The van der Waals surface area contributed by atoms with E-state index in [1.807, 2.05) is 6.92 Å². The van der Waals surface area contributed by atoms with E-state index < -0.39 is 9.84 Å². The Balaban J connectivity index is 2.02. The van der Waals surface area contributed by atoms with Crippen LogP contribution in [0.3, 0.4) is 0 Å². The van der Waals surface area contributed by atoms with Gasteiger partial charge in [-0.3, -0.25) is 4.79 Å². The highest BCUT2D eigenvalue weighted by Crippen LogP contribution is 2.26. The quantitative estimate of drug-likeness (QED) is 0.842. The summed E-state index contributed by atoms with van der Waals surface area (Å²) in [5.41, 5.74) is 5.94. The summed E-state index contributed by atoms with van der Waals surface area (Å²) in [5, 5.41) is -0.301. The normalized spacial score (nSPS) is 26.7. The van der Waals surface area contributed by atoms with Crippen molar-refractivity contribution >= 4 is 15.7 Å². The van der Waals surface area contributed by atoms with E-state index in [9.17, 15) is 13.2 Å². The van der Waals surface area contributed by atoms with Gasteiger partial charge in [0.15, 0.2) is 9.84 Å². The summed E-state index contributed by atoms with van der Waals surface area (Å²) in [6, 6.07) is -0.108. The maximum Gasteiger partial charge on any atom is 0.238 e. The number of likely N-dealkylation sites (tertiary alicyclic amines) is 1. The molecule has 1 aliphatic carbocycles. The zero-order valence-corrected chi connectivity index (χ0v) is 13.1.